The van der Waals surface area contributed by atoms with Gasteiger partial charge in [-0.15, -0.1) is 24.0 Å². The van der Waals surface area contributed by atoms with Crippen LogP contribution in [-0.2, 0) is 9.84 Å². The van der Waals surface area contributed by atoms with Crippen LogP contribution in [0.4, 0.5) is 0 Å². The van der Waals surface area contributed by atoms with Crippen molar-refractivity contribution < 1.29 is 8.42 Å². The summed E-state index contributed by atoms with van der Waals surface area (Å²) in [6.45, 7) is 7.10. The van der Waals surface area contributed by atoms with E-state index in [1.54, 1.807) is 6.92 Å². The van der Waals surface area contributed by atoms with Gasteiger partial charge in [-0.25, -0.2) is 8.42 Å². The van der Waals surface area contributed by atoms with E-state index in [0.717, 1.165) is 37.4 Å². The Hall–Kier alpha value is -0.0500. The largest absolute Gasteiger partial charge is 0.357 e. The van der Waals surface area contributed by atoms with Crippen molar-refractivity contribution in [1.82, 2.24) is 10.2 Å². The number of likely N-dealkylation sites (tertiary alicyclic amines) is 1. The molecule has 2 aliphatic rings. The highest BCUT2D eigenvalue weighted by Crippen LogP contribution is 2.35. The fourth-order valence-corrected chi connectivity index (χ4v) is 4.10. The van der Waals surface area contributed by atoms with Crippen LogP contribution in [0.25, 0.3) is 0 Å². The van der Waals surface area contributed by atoms with Crippen LogP contribution in [0.2, 0.25) is 0 Å². The lowest BCUT2D eigenvalue weighted by Gasteiger charge is -2.22. The van der Waals surface area contributed by atoms with Gasteiger partial charge in [-0.1, -0.05) is 19.8 Å². The summed E-state index contributed by atoms with van der Waals surface area (Å²) in [5.74, 6) is 2.87. The molecule has 0 aromatic rings. The predicted molar refractivity (Wildman–Crippen MR) is 103 cm³/mol. The summed E-state index contributed by atoms with van der Waals surface area (Å²) >= 11 is 0. The van der Waals surface area contributed by atoms with E-state index in [1.165, 1.54) is 25.7 Å². The molecule has 5 nitrogen and oxygen atoms in total. The molecule has 22 heavy (non-hydrogen) atoms. The highest BCUT2D eigenvalue weighted by atomic mass is 127. The van der Waals surface area contributed by atoms with Gasteiger partial charge in [0.25, 0.3) is 0 Å². The third-order valence-corrected chi connectivity index (χ3v) is 6.40. The second kappa shape index (κ2) is 9.30. The number of hydrogen-bond acceptors (Lipinski definition) is 3. The van der Waals surface area contributed by atoms with Gasteiger partial charge in [0.15, 0.2) is 15.8 Å². The SMILES string of the molecule is CCNC(=NCCS(=O)(=O)CC)N1CC2CCCCC2C1.I. The third kappa shape index (κ3) is 5.54. The van der Waals surface area contributed by atoms with Gasteiger partial charge in [-0.3, -0.25) is 4.99 Å². The van der Waals surface area contributed by atoms with Crippen LogP contribution in [0.1, 0.15) is 39.5 Å². The number of hydrogen-bond donors (Lipinski definition) is 1. The van der Waals surface area contributed by atoms with E-state index < -0.39 is 9.84 Å². The Morgan fingerprint density at radius 1 is 1.18 bits per heavy atom. The molecule has 2 rings (SSSR count). The lowest BCUT2D eigenvalue weighted by Crippen LogP contribution is -2.40. The Labute approximate surface area is 152 Å². The third-order valence-electron chi connectivity index (χ3n) is 4.71. The number of fused-ring (bicyclic) bond motifs is 1. The van der Waals surface area contributed by atoms with Crippen molar-refractivity contribution in [2.45, 2.75) is 39.5 Å². The van der Waals surface area contributed by atoms with E-state index >= 15 is 0 Å². The molecule has 130 valence electrons. The minimum Gasteiger partial charge on any atom is -0.357 e. The number of guanidine groups is 1. The standard InChI is InChI=1S/C15H29N3O2S.HI/c1-3-16-15(17-9-10-21(19,20)4-2)18-11-13-7-5-6-8-14(13)12-18;/h13-14H,3-12H2,1-2H3,(H,16,17);1H. The van der Waals surface area contributed by atoms with Crippen molar-refractivity contribution in [2.75, 3.05) is 37.7 Å². The van der Waals surface area contributed by atoms with Gasteiger partial charge < -0.3 is 10.2 Å². The number of rotatable bonds is 5. The Morgan fingerprint density at radius 2 is 1.77 bits per heavy atom. The lowest BCUT2D eigenvalue weighted by molar-refractivity contribution is 0.299. The molecule has 0 spiro atoms. The normalized spacial score (nSPS) is 25.5. The zero-order valence-corrected chi connectivity index (χ0v) is 16.9. The average Bonchev–Trinajstić information content (AvgIpc) is 2.90. The zero-order chi connectivity index (χ0) is 15.3. The molecule has 2 unspecified atom stereocenters. The molecule has 1 aliphatic carbocycles. The van der Waals surface area contributed by atoms with Crippen LogP contribution in [0.15, 0.2) is 4.99 Å². The summed E-state index contributed by atoms with van der Waals surface area (Å²) in [5.41, 5.74) is 0. The molecule has 1 saturated heterocycles. The smallest absolute Gasteiger partial charge is 0.193 e. The van der Waals surface area contributed by atoms with E-state index in [4.69, 9.17) is 0 Å². The van der Waals surface area contributed by atoms with Crippen molar-refractivity contribution in [1.29, 1.82) is 0 Å². The van der Waals surface area contributed by atoms with Gasteiger partial charge in [0.05, 0.1) is 12.3 Å². The summed E-state index contributed by atoms with van der Waals surface area (Å²) in [6.07, 6.45) is 5.39. The molecule has 2 fully saturated rings. The zero-order valence-electron chi connectivity index (χ0n) is 13.8. The maximum absolute atomic E-state index is 11.6. The fourth-order valence-electron chi connectivity index (χ4n) is 3.44. The first-order valence-corrected chi connectivity index (χ1v) is 10.1. The van der Waals surface area contributed by atoms with Crippen molar-refractivity contribution in [3.8, 4) is 0 Å². The van der Waals surface area contributed by atoms with E-state index in [9.17, 15) is 8.42 Å². The Balaban J connectivity index is 0.00000242. The summed E-state index contributed by atoms with van der Waals surface area (Å²) in [5, 5.41) is 3.32. The van der Waals surface area contributed by atoms with Crippen molar-refractivity contribution >= 4 is 39.8 Å². The molecule has 2 atom stereocenters. The number of sulfone groups is 1. The second-order valence-electron chi connectivity index (χ2n) is 6.18. The summed E-state index contributed by atoms with van der Waals surface area (Å²) < 4.78 is 23.1. The maximum atomic E-state index is 11.6. The fraction of sp³-hybridized carbons (Fsp3) is 0.933. The van der Waals surface area contributed by atoms with Crippen LogP contribution in [-0.4, -0.2) is 57.0 Å². The van der Waals surface area contributed by atoms with Gasteiger partial charge >= 0.3 is 0 Å². The summed E-state index contributed by atoms with van der Waals surface area (Å²) in [7, 11) is -2.93. The number of halogens is 1. The topological polar surface area (TPSA) is 61.8 Å². The van der Waals surface area contributed by atoms with Gasteiger partial charge in [-0.2, -0.15) is 0 Å². The van der Waals surface area contributed by atoms with E-state index in [2.05, 4.69) is 22.1 Å². The quantitative estimate of drug-likeness (QED) is 0.402. The molecule has 1 saturated carbocycles. The van der Waals surface area contributed by atoms with Crippen LogP contribution in [0.5, 0.6) is 0 Å². The van der Waals surface area contributed by atoms with Gasteiger partial charge in [0.2, 0.25) is 0 Å². The first kappa shape index (κ1) is 20.0. The van der Waals surface area contributed by atoms with Crippen molar-refractivity contribution in [3.05, 3.63) is 0 Å². The number of nitrogens with zero attached hydrogens (tertiary/aromatic N) is 2. The molecule has 1 N–H and O–H groups in total. The monoisotopic (exact) mass is 443 g/mol. The molecule has 1 aliphatic heterocycles. The molecular formula is C15H30IN3O2S. The van der Waals surface area contributed by atoms with E-state index in [-0.39, 0.29) is 35.5 Å². The van der Waals surface area contributed by atoms with Crippen LogP contribution in [0.3, 0.4) is 0 Å². The van der Waals surface area contributed by atoms with Crippen LogP contribution in [0, 0.1) is 11.8 Å². The van der Waals surface area contributed by atoms with Crippen LogP contribution >= 0.6 is 24.0 Å². The molecule has 0 aromatic carbocycles. The van der Waals surface area contributed by atoms with E-state index in [1.807, 2.05) is 0 Å². The Bertz CT molecular complexity index is 453. The van der Waals surface area contributed by atoms with Gasteiger partial charge in [-0.05, 0) is 31.6 Å². The van der Waals surface area contributed by atoms with Gasteiger partial charge in [0.1, 0.15) is 0 Å². The highest BCUT2D eigenvalue weighted by Gasteiger charge is 2.35. The first-order chi connectivity index (χ1) is 10.1. The first-order valence-electron chi connectivity index (χ1n) is 8.29. The molecule has 7 heteroatoms. The molecule has 0 bridgehead atoms. The average molecular weight is 443 g/mol. The molecule has 0 aromatic heterocycles. The van der Waals surface area contributed by atoms with E-state index in [0.29, 0.717) is 6.54 Å². The molecule has 1 heterocycles. The predicted octanol–water partition coefficient (Wildman–Crippen LogP) is 2.13. The Kier molecular flexibility index (Phi) is 8.45. The minimum absolute atomic E-state index is 0. The van der Waals surface area contributed by atoms with Crippen molar-refractivity contribution in [2.24, 2.45) is 16.8 Å². The van der Waals surface area contributed by atoms with Gasteiger partial charge in [0, 0.05) is 25.4 Å². The number of aliphatic imine (C=N–C) groups is 1. The minimum atomic E-state index is -2.93. The molecule has 0 amide bonds. The summed E-state index contributed by atoms with van der Waals surface area (Å²) in [4.78, 5) is 6.87. The number of nitrogens with one attached hydrogen (secondary N) is 1. The molecule has 0 radical (unpaired) electrons. The maximum Gasteiger partial charge on any atom is 0.193 e. The summed E-state index contributed by atoms with van der Waals surface area (Å²) in [6, 6.07) is 0. The Morgan fingerprint density at radius 3 is 2.27 bits per heavy atom. The van der Waals surface area contributed by atoms with Crippen molar-refractivity contribution in [3.63, 3.8) is 0 Å². The lowest BCUT2D eigenvalue weighted by atomic mass is 9.82. The highest BCUT2D eigenvalue weighted by molar-refractivity contribution is 14.0. The molecular weight excluding hydrogens is 413 g/mol. The second-order valence-corrected chi connectivity index (χ2v) is 8.65. The van der Waals surface area contributed by atoms with Crippen LogP contribution < -0.4 is 5.32 Å².